The molecule has 4 nitrogen and oxygen atoms in total. The fourth-order valence-corrected chi connectivity index (χ4v) is 2.97. The van der Waals surface area contributed by atoms with E-state index in [1.54, 1.807) is 18.3 Å². The molecule has 1 N–H and O–H groups in total. The molecule has 0 saturated carbocycles. The van der Waals surface area contributed by atoms with E-state index < -0.39 is 0 Å². The summed E-state index contributed by atoms with van der Waals surface area (Å²) < 4.78 is 16.0. The van der Waals surface area contributed by atoms with Crippen LogP contribution >= 0.6 is 11.6 Å². The molecule has 1 atom stereocenters. The van der Waals surface area contributed by atoms with Crippen LogP contribution in [0.2, 0.25) is 5.02 Å². The third-order valence-electron chi connectivity index (χ3n) is 3.89. The van der Waals surface area contributed by atoms with E-state index in [0.29, 0.717) is 17.1 Å². The SMILES string of the molecule is Cn1ccnc1C1CNCCN1Cc1cc(Cl)ccc1F. The fourth-order valence-electron chi connectivity index (χ4n) is 2.77. The highest BCUT2D eigenvalue weighted by Gasteiger charge is 2.27. The molecule has 0 bridgehead atoms. The minimum atomic E-state index is -0.212. The number of piperazine rings is 1. The van der Waals surface area contributed by atoms with Gasteiger partial charge in [-0.2, -0.15) is 0 Å². The standard InChI is InChI=1S/C15H18ClFN4/c1-20-6-5-19-15(20)14-9-18-4-7-21(14)10-11-8-12(16)2-3-13(11)17/h2-3,5-6,8,14,18H,4,7,9-10H2,1H3. The second-order valence-electron chi connectivity index (χ2n) is 5.32. The highest BCUT2D eigenvalue weighted by Crippen LogP contribution is 2.24. The van der Waals surface area contributed by atoms with E-state index in [1.165, 1.54) is 6.07 Å². The van der Waals surface area contributed by atoms with Gasteiger partial charge in [0.2, 0.25) is 0 Å². The number of rotatable bonds is 3. The zero-order chi connectivity index (χ0) is 14.8. The van der Waals surface area contributed by atoms with Crippen LogP contribution in [0.25, 0.3) is 0 Å². The predicted molar refractivity (Wildman–Crippen MR) is 80.6 cm³/mol. The van der Waals surface area contributed by atoms with Crippen molar-refractivity contribution in [3.8, 4) is 0 Å². The Morgan fingerprint density at radius 1 is 1.48 bits per heavy atom. The first-order valence-corrected chi connectivity index (χ1v) is 7.39. The topological polar surface area (TPSA) is 33.1 Å². The van der Waals surface area contributed by atoms with Gasteiger partial charge < -0.3 is 9.88 Å². The summed E-state index contributed by atoms with van der Waals surface area (Å²) >= 11 is 5.98. The first kappa shape index (κ1) is 14.5. The van der Waals surface area contributed by atoms with Gasteiger partial charge in [0.15, 0.2) is 0 Å². The maximum atomic E-state index is 14.0. The second-order valence-corrected chi connectivity index (χ2v) is 5.76. The largest absolute Gasteiger partial charge is 0.337 e. The molecule has 2 heterocycles. The van der Waals surface area contributed by atoms with Crippen molar-refractivity contribution in [2.75, 3.05) is 19.6 Å². The van der Waals surface area contributed by atoms with Crippen LogP contribution in [0.3, 0.4) is 0 Å². The molecule has 2 aromatic rings. The molecule has 1 fully saturated rings. The third-order valence-corrected chi connectivity index (χ3v) is 4.13. The lowest BCUT2D eigenvalue weighted by molar-refractivity contribution is 0.143. The summed E-state index contributed by atoms with van der Waals surface area (Å²) in [6.07, 6.45) is 3.73. The Bertz CT molecular complexity index is 628. The van der Waals surface area contributed by atoms with E-state index in [-0.39, 0.29) is 11.9 Å². The first-order chi connectivity index (χ1) is 10.1. The number of nitrogens with zero attached hydrogens (tertiary/aromatic N) is 3. The van der Waals surface area contributed by atoms with Crippen molar-refractivity contribution >= 4 is 11.6 Å². The number of aryl methyl sites for hydroxylation is 1. The molecule has 0 radical (unpaired) electrons. The quantitative estimate of drug-likeness (QED) is 0.945. The molecule has 0 aliphatic carbocycles. The Balaban J connectivity index is 1.85. The molecule has 6 heteroatoms. The Morgan fingerprint density at radius 2 is 2.33 bits per heavy atom. The molecular formula is C15H18ClFN4. The van der Waals surface area contributed by atoms with Crippen molar-refractivity contribution in [1.29, 1.82) is 0 Å². The van der Waals surface area contributed by atoms with Gasteiger partial charge in [-0.25, -0.2) is 9.37 Å². The van der Waals surface area contributed by atoms with Gasteiger partial charge >= 0.3 is 0 Å². The number of halogens is 2. The summed E-state index contributed by atoms with van der Waals surface area (Å²) in [6.45, 7) is 3.09. The Labute approximate surface area is 128 Å². The monoisotopic (exact) mass is 308 g/mol. The van der Waals surface area contributed by atoms with Gasteiger partial charge in [0, 0.05) is 56.2 Å². The van der Waals surface area contributed by atoms with Crippen molar-refractivity contribution in [2.45, 2.75) is 12.6 Å². The maximum absolute atomic E-state index is 14.0. The summed E-state index contributed by atoms with van der Waals surface area (Å²) in [5.74, 6) is 0.779. The average molecular weight is 309 g/mol. The van der Waals surface area contributed by atoms with Gasteiger partial charge in [0.05, 0.1) is 6.04 Å². The number of imidazole rings is 1. The number of aromatic nitrogens is 2. The number of benzene rings is 1. The minimum absolute atomic E-state index is 0.136. The van der Waals surface area contributed by atoms with Gasteiger partial charge in [-0.15, -0.1) is 0 Å². The minimum Gasteiger partial charge on any atom is -0.337 e. The first-order valence-electron chi connectivity index (χ1n) is 7.01. The van der Waals surface area contributed by atoms with Crippen LogP contribution in [0, 0.1) is 5.82 Å². The second kappa shape index (κ2) is 6.13. The van der Waals surface area contributed by atoms with Gasteiger partial charge in [-0.05, 0) is 18.2 Å². The van der Waals surface area contributed by atoms with Crippen molar-refractivity contribution in [3.63, 3.8) is 0 Å². The normalized spacial score (nSPS) is 19.9. The highest BCUT2D eigenvalue weighted by molar-refractivity contribution is 6.30. The molecule has 112 valence electrons. The third kappa shape index (κ3) is 3.10. The smallest absolute Gasteiger partial charge is 0.127 e. The molecule has 3 rings (SSSR count). The molecule has 1 saturated heterocycles. The van der Waals surface area contributed by atoms with Crippen molar-refractivity contribution < 1.29 is 4.39 Å². The lowest BCUT2D eigenvalue weighted by Gasteiger charge is -2.35. The van der Waals surface area contributed by atoms with Crippen LogP contribution < -0.4 is 5.32 Å². The van der Waals surface area contributed by atoms with E-state index in [2.05, 4.69) is 15.2 Å². The van der Waals surface area contributed by atoms with E-state index in [0.717, 1.165) is 25.5 Å². The zero-order valence-corrected chi connectivity index (χ0v) is 12.6. The van der Waals surface area contributed by atoms with E-state index in [9.17, 15) is 4.39 Å². The molecule has 0 spiro atoms. The Kier molecular flexibility index (Phi) is 4.24. The van der Waals surface area contributed by atoms with Gasteiger partial charge in [0.1, 0.15) is 11.6 Å². The fraction of sp³-hybridized carbons (Fsp3) is 0.400. The lowest BCUT2D eigenvalue weighted by Crippen LogP contribution is -2.46. The van der Waals surface area contributed by atoms with Crippen molar-refractivity contribution in [1.82, 2.24) is 19.8 Å². The molecule has 1 aromatic carbocycles. The summed E-state index contributed by atoms with van der Waals surface area (Å²) in [6, 6.07) is 4.84. The van der Waals surface area contributed by atoms with Crippen molar-refractivity contribution in [2.24, 2.45) is 7.05 Å². The van der Waals surface area contributed by atoms with E-state index in [1.807, 2.05) is 17.8 Å². The number of hydrogen-bond donors (Lipinski definition) is 1. The van der Waals surface area contributed by atoms with Crippen LogP contribution in [0.5, 0.6) is 0 Å². The van der Waals surface area contributed by atoms with Crippen LogP contribution in [0.15, 0.2) is 30.6 Å². The molecule has 21 heavy (non-hydrogen) atoms. The van der Waals surface area contributed by atoms with E-state index in [4.69, 9.17) is 11.6 Å². The van der Waals surface area contributed by atoms with Gasteiger partial charge in [-0.3, -0.25) is 4.90 Å². The summed E-state index contributed by atoms with van der Waals surface area (Å²) in [5, 5.41) is 3.94. The summed E-state index contributed by atoms with van der Waals surface area (Å²) in [7, 11) is 1.98. The van der Waals surface area contributed by atoms with E-state index >= 15 is 0 Å². The molecular weight excluding hydrogens is 291 g/mol. The van der Waals surface area contributed by atoms with Gasteiger partial charge in [-0.1, -0.05) is 11.6 Å². The molecule has 1 aliphatic rings. The summed E-state index contributed by atoms with van der Waals surface area (Å²) in [4.78, 5) is 6.68. The number of hydrogen-bond acceptors (Lipinski definition) is 3. The van der Waals surface area contributed by atoms with Crippen LogP contribution in [-0.4, -0.2) is 34.1 Å². The molecule has 0 amide bonds. The maximum Gasteiger partial charge on any atom is 0.127 e. The molecule has 1 unspecified atom stereocenters. The van der Waals surface area contributed by atoms with Crippen molar-refractivity contribution in [3.05, 3.63) is 52.8 Å². The number of nitrogens with one attached hydrogen (secondary N) is 1. The Morgan fingerprint density at radius 3 is 3.10 bits per heavy atom. The van der Waals surface area contributed by atoms with Gasteiger partial charge in [0.25, 0.3) is 0 Å². The predicted octanol–water partition coefficient (Wildman–Crippen LogP) is 2.36. The molecule has 1 aromatic heterocycles. The highest BCUT2D eigenvalue weighted by atomic mass is 35.5. The summed E-state index contributed by atoms with van der Waals surface area (Å²) in [5.41, 5.74) is 0.628. The van der Waals surface area contributed by atoms with Crippen LogP contribution in [0.1, 0.15) is 17.4 Å². The Hall–Kier alpha value is -1.43. The average Bonchev–Trinajstić information content (AvgIpc) is 2.90. The van der Waals surface area contributed by atoms with Crippen LogP contribution in [0.4, 0.5) is 4.39 Å². The molecule has 1 aliphatic heterocycles. The zero-order valence-electron chi connectivity index (χ0n) is 11.9. The van der Waals surface area contributed by atoms with Crippen LogP contribution in [-0.2, 0) is 13.6 Å². The lowest BCUT2D eigenvalue weighted by atomic mass is 10.1.